The van der Waals surface area contributed by atoms with Gasteiger partial charge < -0.3 is 5.32 Å². The number of hydrogen-bond donors (Lipinski definition) is 2. The highest BCUT2D eigenvalue weighted by Gasteiger charge is 2.28. The number of sulfonamides is 1. The second-order valence-electron chi connectivity index (χ2n) is 4.75. The summed E-state index contributed by atoms with van der Waals surface area (Å²) in [4.78, 5) is -0.902. The molecule has 0 aliphatic carbocycles. The first-order valence-corrected chi connectivity index (χ1v) is 7.58. The Balaban J connectivity index is 2.23. The van der Waals surface area contributed by atoms with Gasteiger partial charge in [0, 0.05) is 12.1 Å². The Bertz CT molecular complexity index is 543. The molecule has 0 radical (unpaired) electrons. The Morgan fingerprint density at radius 2 is 1.95 bits per heavy atom. The third-order valence-electron chi connectivity index (χ3n) is 3.13. The minimum atomic E-state index is -4.17. The second kappa shape index (κ2) is 5.52. The molecule has 0 amide bonds. The van der Waals surface area contributed by atoms with E-state index < -0.39 is 26.6 Å². The summed E-state index contributed by atoms with van der Waals surface area (Å²) in [6.07, 6.45) is 1.19. The fraction of sp³-hybridized carbons (Fsp3) is 0.500. The van der Waals surface area contributed by atoms with E-state index in [2.05, 4.69) is 10.0 Å². The zero-order chi connectivity index (χ0) is 14.0. The fourth-order valence-corrected chi connectivity index (χ4v) is 3.68. The molecule has 0 spiro atoms. The number of halogens is 2. The van der Waals surface area contributed by atoms with E-state index in [1.807, 2.05) is 6.92 Å². The molecular weight excluding hydrogens is 274 g/mol. The summed E-state index contributed by atoms with van der Waals surface area (Å²) in [5.41, 5.74) is 0. The van der Waals surface area contributed by atoms with Gasteiger partial charge in [-0.3, -0.25) is 0 Å². The summed E-state index contributed by atoms with van der Waals surface area (Å²) in [6, 6.07) is 2.87. The zero-order valence-corrected chi connectivity index (χ0v) is 11.3. The van der Waals surface area contributed by atoms with Gasteiger partial charge in [-0.25, -0.2) is 21.9 Å². The molecule has 4 nitrogen and oxygen atoms in total. The smallest absolute Gasteiger partial charge is 0.246 e. The largest absolute Gasteiger partial charge is 0.314 e. The van der Waals surface area contributed by atoms with Crippen LogP contribution < -0.4 is 10.0 Å². The lowest BCUT2D eigenvalue weighted by Crippen LogP contribution is -2.46. The van der Waals surface area contributed by atoms with Gasteiger partial charge >= 0.3 is 0 Å². The topological polar surface area (TPSA) is 58.2 Å². The molecule has 0 bridgehead atoms. The van der Waals surface area contributed by atoms with Crippen molar-refractivity contribution in [1.29, 1.82) is 0 Å². The predicted octanol–water partition coefficient (Wildman–Crippen LogP) is 1.38. The van der Waals surface area contributed by atoms with Crippen molar-refractivity contribution < 1.29 is 17.2 Å². The van der Waals surface area contributed by atoms with Crippen molar-refractivity contribution >= 4 is 10.0 Å². The number of hydrogen-bond acceptors (Lipinski definition) is 3. The quantitative estimate of drug-likeness (QED) is 0.884. The predicted molar refractivity (Wildman–Crippen MR) is 67.2 cm³/mol. The van der Waals surface area contributed by atoms with E-state index in [9.17, 15) is 17.2 Å². The number of nitrogens with one attached hydrogen (secondary N) is 2. The van der Waals surface area contributed by atoms with E-state index in [0.717, 1.165) is 18.2 Å². The molecule has 2 rings (SSSR count). The second-order valence-corrected chi connectivity index (χ2v) is 6.40. The maximum Gasteiger partial charge on any atom is 0.246 e. The van der Waals surface area contributed by atoms with Gasteiger partial charge in [0.2, 0.25) is 10.0 Å². The Labute approximate surface area is 111 Å². The van der Waals surface area contributed by atoms with E-state index in [1.165, 1.54) is 0 Å². The minimum absolute atomic E-state index is 0.173. The first-order valence-electron chi connectivity index (χ1n) is 6.10. The molecule has 2 atom stereocenters. The van der Waals surface area contributed by atoms with Crippen molar-refractivity contribution in [2.45, 2.75) is 36.7 Å². The van der Waals surface area contributed by atoms with Gasteiger partial charge in [-0.15, -0.1) is 0 Å². The Morgan fingerprint density at radius 3 is 2.53 bits per heavy atom. The summed E-state index contributed by atoms with van der Waals surface area (Å²) in [7, 11) is -4.17. The van der Waals surface area contributed by atoms with E-state index in [0.29, 0.717) is 19.4 Å². The highest BCUT2D eigenvalue weighted by molar-refractivity contribution is 7.89. The monoisotopic (exact) mass is 290 g/mol. The maximum absolute atomic E-state index is 13.5. The van der Waals surface area contributed by atoms with Gasteiger partial charge in [0.25, 0.3) is 0 Å². The molecule has 1 fully saturated rings. The van der Waals surface area contributed by atoms with Crippen molar-refractivity contribution in [1.82, 2.24) is 10.0 Å². The molecule has 1 aromatic carbocycles. The molecule has 1 aliphatic heterocycles. The maximum atomic E-state index is 13.5. The van der Waals surface area contributed by atoms with Gasteiger partial charge in [0.15, 0.2) is 4.90 Å². The molecule has 0 saturated carbocycles. The van der Waals surface area contributed by atoms with Crippen LogP contribution >= 0.6 is 0 Å². The van der Waals surface area contributed by atoms with Crippen LogP contribution in [0.1, 0.15) is 19.8 Å². The summed E-state index contributed by atoms with van der Waals surface area (Å²) in [5.74, 6) is -2.15. The van der Waals surface area contributed by atoms with Crippen LogP contribution in [0.2, 0.25) is 0 Å². The molecule has 7 heteroatoms. The summed E-state index contributed by atoms with van der Waals surface area (Å²) in [5, 5.41) is 3.18. The van der Waals surface area contributed by atoms with Gasteiger partial charge in [-0.2, -0.15) is 0 Å². The van der Waals surface area contributed by atoms with Crippen molar-refractivity contribution in [3.8, 4) is 0 Å². The molecule has 106 valence electrons. The summed E-state index contributed by atoms with van der Waals surface area (Å²) >= 11 is 0. The first kappa shape index (κ1) is 14.4. The van der Waals surface area contributed by atoms with Crippen molar-refractivity contribution in [3.63, 3.8) is 0 Å². The Morgan fingerprint density at radius 1 is 1.32 bits per heavy atom. The number of piperidine rings is 1. The summed E-state index contributed by atoms with van der Waals surface area (Å²) < 4.78 is 53.5. The highest BCUT2D eigenvalue weighted by Crippen LogP contribution is 2.20. The molecule has 19 heavy (non-hydrogen) atoms. The van der Waals surface area contributed by atoms with Crippen LogP contribution in [0.25, 0.3) is 0 Å². The van der Waals surface area contributed by atoms with Crippen molar-refractivity contribution in [3.05, 3.63) is 29.8 Å². The lowest BCUT2D eigenvalue weighted by molar-refractivity contribution is 0.360. The molecule has 1 heterocycles. The summed E-state index contributed by atoms with van der Waals surface area (Å²) in [6.45, 7) is 2.61. The number of rotatable bonds is 3. The van der Waals surface area contributed by atoms with Crippen LogP contribution in [0.3, 0.4) is 0 Å². The third kappa shape index (κ3) is 3.29. The van der Waals surface area contributed by atoms with Gasteiger partial charge in [0.1, 0.15) is 11.6 Å². The zero-order valence-electron chi connectivity index (χ0n) is 10.5. The van der Waals surface area contributed by atoms with Crippen LogP contribution in [0.15, 0.2) is 23.1 Å². The molecule has 1 saturated heterocycles. The standard InChI is InChI=1S/C12H16F2N2O2S/c1-8-7-9(5-6-15-8)16-19(17,18)12-10(13)3-2-4-11(12)14/h2-4,8-9,15-16H,5-7H2,1H3. The average molecular weight is 290 g/mol. The molecule has 0 aromatic heterocycles. The van der Waals surface area contributed by atoms with Gasteiger partial charge in [-0.1, -0.05) is 6.07 Å². The lowest BCUT2D eigenvalue weighted by atomic mass is 10.0. The fourth-order valence-electron chi connectivity index (χ4n) is 2.26. The van der Waals surface area contributed by atoms with Crippen LogP contribution in [-0.2, 0) is 10.0 Å². The molecule has 1 aromatic rings. The van der Waals surface area contributed by atoms with E-state index in [1.54, 1.807) is 0 Å². The third-order valence-corrected chi connectivity index (χ3v) is 4.70. The van der Waals surface area contributed by atoms with Crippen molar-refractivity contribution in [2.75, 3.05) is 6.54 Å². The van der Waals surface area contributed by atoms with E-state index >= 15 is 0 Å². The molecule has 2 unspecified atom stereocenters. The van der Waals surface area contributed by atoms with E-state index in [4.69, 9.17) is 0 Å². The van der Waals surface area contributed by atoms with Gasteiger partial charge in [-0.05, 0) is 38.4 Å². The SMILES string of the molecule is CC1CC(NS(=O)(=O)c2c(F)cccc2F)CCN1. The van der Waals surface area contributed by atoms with Crippen LogP contribution in [0.4, 0.5) is 8.78 Å². The molecule has 2 N–H and O–H groups in total. The minimum Gasteiger partial charge on any atom is -0.314 e. The normalized spacial score (nSPS) is 24.4. The molecular formula is C12H16F2N2O2S. The van der Waals surface area contributed by atoms with Crippen LogP contribution in [0.5, 0.6) is 0 Å². The first-order chi connectivity index (χ1) is 8.90. The highest BCUT2D eigenvalue weighted by atomic mass is 32.2. The van der Waals surface area contributed by atoms with Crippen molar-refractivity contribution in [2.24, 2.45) is 0 Å². The average Bonchev–Trinajstić information content (AvgIpc) is 2.27. The van der Waals surface area contributed by atoms with E-state index in [-0.39, 0.29) is 12.1 Å². The lowest BCUT2D eigenvalue weighted by Gasteiger charge is -2.28. The molecule has 1 aliphatic rings. The Kier molecular flexibility index (Phi) is 4.17. The van der Waals surface area contributed by atoms with Crippen LogP contribution in [-0.4, -0.2) is 27.0 Å². The van der Waals surface area contributed by atoms with Gasteiger partial charge in [0.05, 0.1) is 0 Å². The Hall–Kier alpha value is -1.05. The number of benzene rings is 1. The van der Waals surface area contributed by atoms with Crippen LogP contribution in [0, 0.1) is 11.6 Å².